The summed E-state index contributed by atoms with van der Waals surface area (Å²) < 4.78 is 7.84. The predicted molar refractivity (Wildman–Crippen MR) is 70.0 cm³/mol. The highest BCUT2D eigenvalue weighted by Gasteiger charge is 2.38. The van der Waals surface area contributed by atoms with Crippen molar-refractivity contribution in [3.63, 3.8) is 0 Å². The Labute approximate surface area is 109 Å². The lowest BCUT2D eigenvalue weighted by molar-refractivity contribution is -0.0727. The second-order valence-electron chi connectivity index (χ2n) is 5.66. The van der Waals surface area contributed by atoms with Gasteiger partial charge in [-0.15, -0.1) is 10.2 Å². The van der Waals surface area contributed by atoms with Crippen LogP contribution in [0.5, 0.6) is 0 Å². The second-order valence-corrected chi connectivity index (χ2v) is 5.66. The van der Waals surface area contributed by atoms with Crippen molar-refractivity contribution >= 4 is 0 Å². The lowest BCUT2D eigenvalue weighted by Gasteiger charge is -2.40. The highest BCUT2D eigenvalue weighted by Crippen LogP contribution is 2.37. The van der Waals surface area contributed by atoms with Gasteiger partial charge in [0.2, 0.25) is 0 Å². The molecule has 0 spiro atoms. The van der Waals surface area contributed by atoms with Gasteiger partial charge in [-0.25, -0.2) is 0 Å². The molecule has 0 aromatic carbocycles. The van der Waals surface area contributed by atoms with Gasteiger partial charge in [0.15, 0.2) is 0 Å². The van der Waals surface area contributed by atoms with E-state index in [0.717, 1.165) is 37.5 Å². The predicted octanol–water partition coefficient (Wildman–Crippen LogP) is 1.50. The van der Waals surface area contributed by atoms with Crippen molar-refractivity contribution in [2.45, 2.75) is 58.2 Å². The van der Waals surface area contributed by atoms with E-state index in [9.17, 15) is 0 Å². The van der Waals surface area contributed by atoms with Crippen molar-refractivity contribution in [1.29, 1.82) is 0 Å². The van der Waals surface area contributed by atoms with E-state index >= 15 is 0 Å². The van der Waals surface area contributed by atoms with E-state index in [-0.39, 0.29) is 5.60 Å². The van der Waals surface area contributed by atoms with Gasteiger partial charge >= 0.3 is 0 Å². The van der Waals surface area contributed by atoms with Crippen molar-refractivity contribution in [2.24, 2.45) is 11.7 Å². The summed E-state index contributed by atoms with van der Waals surface area (Å²) in [5.41, 5.74) is 5.72. The van der Waals surface area contributed by atoms with Gasteiger partial charge in [-0.2, -0.15) is 0 Å². The summed E-state index contributed by atoms with van der Waals surface area (Å²) in [5, 5.41) is 8.50. The molecule has 2 N–H and O–H groups in total. The zero-order chi connectivity index (χ0) is 13.2. The summed E-state index contributed by atoms with van der Waals surface area (Å²) in [4.78, 5) is 0. The van der Waals surface area contributed by atoms with Crippen LogP contribution in [0.4, 0.5) is 0 Å². The first-order valence-electron chi connectivity index (χ1n) is 6.76. The molecule has 2 rings (SSSR count). The standard InChI is InChI=1S/C13H24N4O/c1-10(2)9-17-11(15-16-12(17)8-14)7-13(18-3)5-4-6-13/h10H,4-9,14H2,1-3H3. The zero-order valence-electron chi connectivity index (χ0n) is 11.6. The molecule has 1 aromatic heterocycles. The average molecular weight is 252 g/mol. The molecule has 5 heteroatoms. The maximum absolute atomic E-state index is 5.73. The van der Waals surface area contributed by atoms with Crippen LogP contribution in [0.3, 0.4) is 0 Å². The molecule has 1 fully saturated rings. The first kappa shape index (κ1) is 13.5. The van der Waals surface area contributed by atoms with Gasteiger partial charge in [0.05, 0.1) is 12.1 Å². The molecule has 0 amide bonds. The molecule has 0 bridgehead atoms. The molecular formula is C13H24N4O. The van der Waals surface area contributed by atoms with E-state index in [1.54, 1.807) is 7.11 Å². The highest BCUT2D eigenvalue weighted by atomic mass is 16.5. The van der Waals surface area contributed by atoms with Gasteiger partial charge in [0.1, 0.15) is 11.6 Å². The van der Waals surface area contributed by atoms with Gasteiger partial charge < -0.3 is 15.0 Å². The number of methoxy groups -OCH3 is 1. The van der Waals surface area contributed by atoms with E-state index < -0.39 is 0 Å². The Hall–Kier alpha value is -0.940. The number of rotatable bonds is 6. The average Bonchev–Trinajstić information content (AvgIpc) is 2.65. The van der Waals surface area contributed by atoms with Gasteiger partial charge in [-0.3, -0.25) is 0 Å². The second kappa shape index (κ2) is 5.36. The Bertz CT molecular complexity index is 390. The van der Waals surface area contributed by atoms with E-state index in [2.05, 4.69) is 28.6 Å². The van der Waals surface area contributed by atoms with Crippen LogP contribution in [0, 0.1) is 5.92 Å². The summed E-state index contributed by atoms with van der Waals surface area (Å²) in [5.74, 6) is 2.46. The normalized spacial score (nSPS) is 18.1. The smallest absolute Gasteiger partial charge is 0.146 e. The fourth-order valence-corrected chi connectivity index (χ4v) is 2.54. The van der Waals surface area contributed by atoms with Crippen molar-refractivity contribution in [3.8, 4) is 0 Å². The topological polar surface area (TPSA) is 66.0 Å². The summed E-state index contributed by atoms with van der Waals surface area (Å²) >= 11 is 0. The van der Waals surface area contributed by atoms with Crippen LogP contribution in [0.15, 0.2) is 0 Å². The Balaban J connectivity index is 2.18. The fourth-order valence-electron chi connectivity index (χ4n) is 2.54. The number of nitrogens with two attached hydrogens (primary N) is 1. The van der Waals surface area contributed by atoms with Crippen molar-refractivity contribution in [3.05, 3.63) is 11.6 Å². The van der Waals surface area contributed by atoms with Crippen LogP contribution < -0.4 is 5.73 Å². The largest absolute Gasteiger partial charge is 0.378 e. The number of hydrogen-bond acceptors (Lipinski definition) is 4. The Morgan fingerprint density at radius 1 is 1.33 bits per heavy atom. The molecule has 18 heavy (non-hydrogen) atoms. The number of hydrogen-bond donors (Lipinski definition) is 1. The Morgan fingerprint density at radius 3 is 2.44 bits per heavy atom. The molecule has 1 aromatic rings. The lowest BCUT2D eigenvalue weighted by atomic mass is 9.77. The molecule has 1 aliphatic carbocycles. The van der Waals surface area contributed by atoms with E-state index in [1.165, 1.54) is 6.42 Å². The number of nitrogens with zero attached hydrogens (tertiary/aromatic N) is 3. The van der Waals surface area contributed by atoms with Crippen LogP contribution in [-0.2, 0) is 24.2 Å². The van der Waals surface area contributed by atoms with Crippen LogP contribution in [0.2, 0.25) is 0 Å². The molecule has 0 radical (unpaired) electrons. The van der Waals surface area contributed by atoms with Crippen molar-refractivity contribution < 1.29 is 4.74 Å². The minimum Gasteiger partial charge on any atom is -0.378 e. The Kier molecular flexibility index (Phi) is 4.02. The van der Waals surface area contributed by atoms with Crippen LogP contribution in [-0.4, -0.2) is 27.5 Å². The molecule has 0 atom stereocenters. The molecule has 0 aliphatic heterocycles. The van der Waals surface area contributed by atoms with Gasteiger partial charge in [-0.1, -0.05) is 13.8 Å². The van der Waals surface area contributed by atoms with Gasteiger partial charge in [0, 0.05) is 20.1 Å². The number of ether oxygens (including phenoxy) is 1. The molecule has 102 valence electrons. The Morgan fingerprint density at radius 2 is 2.00 bits per heavy atom. The monoisotopic (exact) mass is 252 g/mol. The summed E-state index contributed by atoms with van der Waals surface area (Å²) in [6.45, 7) is 5.76. The van der Waals surface area contributed by atoms with E-state index in [0.29, 0.717) is 12.5 Å². The van der Waals surface area contributed by atoms with Gasteiger partial charge in [0.25, 0.3) is 0 Å². The van der Waals surface area contributed by atoms with Crippen LogP contribution in [0.1, 0.15) is 44.8 Å². The molecular weight excluding hydrogens is 228 g/mol. The minimum atomic E-state index is -0.00632. The van der Waals surface area contributed by atoms with E-state index in [1.807, 2.05) is 0 Å². The first-order valence-corrected chi connectivity index (χ1v) is 6.76. The quantitative estimate of drug-likeness (QED) is 0.833. The molecule has 1 aliphatic rings. The van der Waals surface area contributed by atoms with Crippen LogP contribution in [0.25, 0.3) is 0 Å². The molecule has 0 saturated heterocycles. The summed E-state index contributed by atoms with van der Waals surface area (Å²) in [7, 11) is 1.80. The first-order chi connectivity index (χ1) is 8.60. The molecule has 5 nitrogen and oxygen atoms in total. The maximum Gasteiger partial charge on any atom is 0.146 e. The molecule has 0 unspecified atom stereocenters. The number of aromatic nitrogens is 3. The third-order valence-electron chi connectivity index (χ3n) is 3.81. The highest BCUT2D eigenvalue weighted by molar-refractivity contribution is 5.04. The summed E-state index contributed by atoms with van der Waals surface area (Å²) in [6, 6.07) is 0. The van der Waals surface area contributed by atoms with Crippen LogP contribution >= 0.6 is 0 Å². The molecule has 1 heterocycles. The van der Waals surface area contributed by atoms with Crippen molar-refractivity contribution in [2.75, 3.05) is 7.11 Å². The minimum absolute atomic E-state index is 0.00632. The zero-order valence-corrected chi connectivity index (χ0v) is 11.6. The van der Waals surface area contributed by atoms with Gasteiger partial charge in [-0.05, 0) is 25.2 Å². The fraction of sp³-hybridized carbons (Fsp3) is 0.846. The third kappa shape index (κ3) is 2.57. The molecule has 1 saturated carbocycles. The van der Waals surface area contributed by atoms with E-state index in [4.69, 9.17) is 10.5 Å². The SMILES string of the molecule is COC1(Cc2nnc(CN)n2CC(C)C)CCC1. The summed E-state index contributed by atoms with van der Waals surface area (Å²) in [6.07, 6.45) is 4.34. The van der Waals surface area contributed by atoms with Crippen molar-refractivity contribution in [1.82, 2.24) is 14.8 Å². The maximum atomic E-state index is 5.73. The lowest BCUT2D eigenvalue weighted by Crippen LogP contribution is -2.42. The third-order valence-corrected chi connectivity index (χ3v) is 3.81.